The first-order valence-electron chi connectivity index (χ1n) is 7.31. The van der Waals surface area contributed by atoms with E-state index in [1.54, 1.807) is 0 Å². The molecule has 0 aliphatic heterocycles. The number of hydrogen-bond acceptors (Lipinski definition) is 3. The minimum atomic E-state index is 0.842. The molecular weight excluding hydrogens is 326 g/mol. The predicted octanol–water partition coefficient (Wildman–Crippen LogP) is 3.98. The first-order chi connectivity index (χ1) is 10.2. The summed E-state index contributed by atoms with van der Waals surface area (Å²) in [4.78, 5) is 6.79. The minimum Gasteiger partial charge on any atom is -0.355 e. The maximum Gasteiger partial charge on any atom is 0.133 e. The van der Waals surface area contributed by atoms with Crippen LogP contribution in [0.3, 0.4) is 0 Å². The number of rotatable bonds is 7. The molecule has 0 fully saturated rings. The molecule has 0 saturated heterocycles. The number of halogens is 1. The quantitative estimate of drug-likeness (QED) is 0.767. The van der Waals surface area contributed by atoms with Crippen LogP contribution in [-0.2, 0) is 13.1 Å². The van der Waals surface area contributed by atoms with Crippen LogP contribution in [0.5, 0.6) is 0 Å². The normalized spacial score (nSPS) is 10.6. The van der Waals surface area contributed by atoms with Crippen LogP contribution < -0.4 is 10.2 Å². The molecular formula is C17H22BrN3. The highest BCUT2D eigenvalue weighted by Crippen LogP contribution is 2.22. The van der Waals surface area contributed by atoms with Crippen molar-refractivity contribution in [2.75, 3.05) is 18.5 Å². The van der Waals surface area contributed by atoms with E-state index in [2.05, 4.69) is 75.4 Å². The third-order valence-corrected chi connectivity index (χ3v) is 3.71. The van der Waals surface area contributed by atoms with Gasteiger partial charge in [-0.25, -0.2) is 4.98 Å². The van der Waals surface area contributed by atoms with Gasteiger partial charge in [-0.2, -0.15) is 0 Å². The summed E-state index contributed by atoms with van der Waals surface area (Å²) in [6, 6.07) is 12.6. The zero-order chi connectivity index (χ0) is 15.1. The molecule has 1 aromatic carbocycles. The summed E-state index contributed by atoms with van der Waals surface area (Å²) in [5.41, 5.74) is 2.51. The molecule has 2 aromatic rings. The molecule has 0 saturated carbocycles. The first kappa shape index (κ1) is 16.0. The molecule has 1 heterocycles. The second-order valence-electron chi connectivity index (χ2n) is 5.15. The molecule has 4 heteroatoms. The maximum atomic E-state index is 4.59. The third-order valence-electron chi connectivity index (χ3n) is 3.28. The van der Waals surface area contributed by atoms with Gasteiger partial charge in [-0.3, -0.25) is 0 Å². The average Bonchev–Trinajstić information content (AvgIpc) is 2.48. The Bertz CT molecular complexity index is 557. The first-order valence-corrected chi connectivity index (χ1v) is 8.10. The van der Waals surface area contributed by atoms with E-state index in [4.69, 9.17) is 0 Å². The Morgan fingerprint density at radius 3 is 2.71 bits per heavy atom. The van der Waals surface area contributed by atoms with Gasteiger partial charge in [-0.1, -0.05) is 37.3 Å². The molecule has 21 heavy (non-hydrogen) atoms. The SMILES string of the molecule is CCCNCc1cc(Br)cnc1N(C)Cc1ccccc1. The molecule has 2 rings (SSSR count). The lowest BCUT2D eigenvalue weighted by molar-refractivity contribution is 0.671. The van der Waals surface area contributed by atoms with Crippen molar-refractivity contribution < 1.29 is 0 Å². The van der Waals surface area contributed by atoms with Crippen molar-refractivity contribution in [1.82, 2.24) is 10.3 Å². The van der Waals surface area contributed by atoms with Crippen LogP contribution in [-0.4, -0.2) is 18.6 Å². The van der Waals surface area contributed by atoms with Crippen LogP contribution in [0.2, 0.25) is 0 Å². The molecule has 1 N–H and O–H groups in total. The van der Waals surface area contributed by atoms with Gasteiger partial charge in [-0.15, -0.1) is 0 Å². The standard InChI is InChI=1S/C17H22BrN3/c1-3-9-19-11-15-10-16(18)12-20-17(15)21(2)13-14-7-5-4-6-8-14/h4-8,10,12,19H,3,9,11,13H2,1-2H3. The van der Waals surface area contributed by atoms with Crippen molar-refractivity contribution in [2.24, 2.45) is 0 Å². The van der Waals surface area contributed by atoms with Crippen molar-refractivity contribution in [3.8, 4) is 0 Å². The van der Waals surface area contributed by atoms with E-state index in [0.29, 0.717) is 0 Å². The van der Waals surface area contributed by atoms with Gasteiger partial charge >= 0.3 is 0 Å². The lowest BCUT2D eigenvalue weighted by Crippen LogP contribution is -2.22. The average molecular weight is 348 g/mol. The van der Waals surface area contributed by atoms with Gasteiger partial charge in [0.15, 0.2) is 0 Å². The number of nitrogens with zero attached hydrogens (tertiary/aromatic N) is 2. The topological polar surface area (TPSA) is 28.2 Å². The second kappa shape index (κ2) is 8.15. The molecule has 0 radical (unpaired) electrons. The fourth-order valence-electron chi connectivity index (χ4n) is 2.28. The molecule has 0 atom stereocenters. The highest BCUT2D eigenvalue weighted by Gasteiger charge is 2.10. The molecule has 0 amide bonds. The van der Waals surface area contributed by atoms with E-state index in [9.17, 15) is 0 Å². The third kappa shape index (κ3) is 4.83. The van der Waals surface area contributed by atoms with Crippen molar-refractivity contribution in [3.05, 3.63) is 58.2 Å². The molecule has 0 bridgehead atoms. The van der Waals surface area contributed by atoms with Crippen LogP contribution in [0, 0.1) is 0 Å². The summed E-state index contributed by atoms with van der Waals surface area (Å²) in [7, 11) is 2.09. The Hall–Kier alpha value is -1.39. The van der Waals surface area contributed by atoms with Crippen LogP contribution in [0.4, 0.5) is 5.82 Å². The Kier molecular flexibility index (Phi) is 6.21. The summed E-state index contributed by atoms with van der Waals surface area (Å²) in [6.45, 7) is 4.90. The zero-order valence-electron chi connectivity index (χ0n) is 12.6. The van der Waals surface area contributed by atoms with Crippen molar-refractivity contribution in [2.45, 2.75) is 26.4 Å². The molecule has 1 aromatic heterocycles. The smallest absolute Gasteiger partial charge is 0.133 e. The molecule has 112 valence electrons. The van der Waals surface area contributed by atoms with E-state index < -0.39 is 0 Å². The second-order valence-corrected chi connectivity index (χ2v) is 6.07. The number of nitrogens with one attached hydrogen (secondary N) is 1. The molecule has 0 aliphatic rings. The Morgan fingerprint density at radius 2 is 2.00 bits per heavy atom. The van der Waals surface area contributed by atoms with Crippen LogP contribution in [0.15, 0.2) is 47.1 Å². The zero-order valence-corrected chi connectivity index (χ0v) is 14.2. The van der Waals surface area contributed by atoms with Gasteiger partial charge in [0, 0.05) is 36.4 Å². The number of benzene rings is 1. The monoisotopic (exact) mass is 347 g/mol. The molecule has 0 aliphatic carbocycles. The Labute approximate surface area is 135 Å². The number of aromatic nitrogens is 1. The van der Waals surface area contributed by atoms with Gasteiger partial charge in [0.05, 0.1) is 0 Å². The van der Waals surface area contributed by atoms with Crippen molar-refractivity contribution in [1.29, 1.82) is 0 Å². The fraction of sp³-hybridized carbons (Fsp3) is 0.353. The summed E-state index contributed by atoms with van der Waals surface area (Å²) in [6.07, 6.45) is 3.00. The number of pyridine rings is 1. The highest BCUT2D eigenvalue weighted by molar-refractivity contribution is 9.10. The summed E-state index contributed by atoms with van der Waals surface area (Å²) in [5.74, 6) is 1.03. The number of hydrogen-bond donors (Lipinski definition) is 1. The van der Waals surface area contributed by atoms with E-state index in [1.165, 1.54) is 11.1 Å². The van der Waals surface area contributed by atoms with Crippen LogP contribution >= 0.6 is 15.9 Å². The molecule has 3 nitrogen and oxygen atoms in total. The maximum absolute atomic E-state index is 4.59. The van der Waals surface area contributed by atoms with E-state index in [1.807, 2.05) is 12.3 Å². The summed E-state index contributed by atoms with van der Waals surface area (Å²) >= 11 is 3.51. The molecule has 0 spiro atoms. The van der Waals surface area contributed by atoms with Gasteiger partial charge in [0.1, 0.15) is 5.82 Å². The highest BCUT2D eigenvalue weighted by atomic mass is 79.9. The van der Waals surface area contributed by atoms with Gasteiger partial charge in [-0.05, 0) is 40.5 Å². The minimum absolute atomic E-state index is 0.842. The van der Waals surface area contributed by atoms with Crippen LogP contribution in [0.1, 0.15) is 24.5 Å². The van der Waals surface area contributed by atoms with Gasteiger partial charge < -0.3 is 10.2 Å². The van der Waals surface area contributed by atoms with E-state index >= 15 is 0 Å². The lowest BCUT2D eigenvalue weighted by atomic mass is 10.2. The van der Waals surface area contributed by atoms with Gasteiger partial charge in [0.2, 0.25) is 0 Å². The summed E-state index contributed by atoms with van der Waals surface area (Å²) < 4.78 is 1.02. The Morgan fingerprint density at radius 1 is 1.24 bits per heavy atom. The van der Waals surface area contributed by atoms with Crippen molar-refractivity contribution in [3.63, 3.8) is 0 Å². The fourth-order valence-corrected chi connectivity index (χ4v) is 2.66. The Balaban J connectivity index is 2.13. The molecule has 0 unspecified atom stereocenters. The van der Waals surface area contributed by atoms with E-state index in [-0.39, 0.29) is 0 Å². The van der Waals surface area contributed by atoms with Gasteiger partial charge in [0.25, 0.3) is 0 Å². The van der Waals surface area contributed by atoms with Crippen molar-refractivity contribution >= 4 is 21.7 Å². The van der Waals surface area contributed by atoms with Crippen LogP contribution in [0.25, 0.3) is 0 Å². The lowest BCUT2D eigenvalue weighted by Gasteiger charge is -2.22. The number of anilines is 1. The summed E-state index contributed by atoms with van der Waals surface area (Å²) in [5, 5.41) is 3.45. The predicted molar refractivity (Wildman–Crippen MR) is 92.5 cm³/mol. The largest absolute Gasteiger partial charge is 0.355 e. The van der Waals surface area contributed by atoms with E-state index in [0.717, 1.165) is 36.3 Å².